The van der Waals surface area contributed by atoms with Crippen molar-refractivity contribution in [3.8, 4) is 0 Å². The molecule has 6 heteroatoms. The number of aldehydes is 1. The Labute approximate surface area is 187 Å². The Bertz CT molecular complexity index is 1140. The SMILES string of the molecule is COC(OC)c1ccc(C2Nc3cccc4c3C(=NNC4C=O)C2c2ccccc2)cc1. The van der Waals surface area contributed by atoms with E-state index in [1.54, 1.807) is 14.2 Å². The van der Waals surface area contributed by atoms with E-state index in [-0.39, 0.29) is 12.0 Å². The number of carbonyl (C=O) groups is 1. The number of anilines is 1. The third-order valence-electron chi connectivity index (χ3n) is 6.24. The van der Waals surface area contributed by atoms with Crippen molar-refractivity contribution in [3.05, 3.63) is 101 Å². The highest BCUT2D eigenvalue weighted by molar-refractivity contribution is 6.13. The Kier molecular flexibility index (Phi) is 5.47. The van der Waals surface area contributed by atoms with Crippen molar-refractivity contribution >= 4 is 17.7 Å². The van der Waals surface area contributed by atoms with Crippen LogP contribution in [0.4, 0.5) is 5.69 Å². The van der Waals surface area contributed by atoms with E-state index >= 15 is 0 Å². The number of rotatable bonds is 6. The van der Waals surface area contributed by atoms with E-state index in [0.717, 1.165) is 45.5 Å². The molecule has 3 aromatic rings. The molecule has 3 aromatic carbocycles. The third-order valence-corrected chi connectivity index (χ3v) is 6.24. The molecule has 0 amide bonds. The average Bonchev–Trinajstić information content (AvgIpc) is 2.86. The van der Waals surface area contributed by atoms with Crippen molar-refractivity contribution in [1.29, 1.82) is 0 Å². The second kappa shape index (κ2) is 8.57. The van der Waals surface area contributed by atoms with Crippen LogP contribution in [0.5, 0.6) is 0 Å². The van der Waals surface area contributed by atoms with Crippen LogP contribution in [0.15, 0.2) is 77.9 Å². The lowest BCUT2D eigenvalue weighted by molar-refractivity contribution is -0.109. The quantitative estimate of drug-likeness (QED) is 0.448. The topological polar surface area (TPSA) is 72.0 Å². The number of nitrogens with zero attached hydrogens (tertiary/aromatic N) is 1. The van der Waals surface area contributed by atoms with Gasteiger partial charge in [0.15, 0.2) is 6.29 Å². The first-order chi connectivity index (χ1) is 15.7. The van der Waals surface area contributed by atoms with Gasteiger partial charge in [0.05, 0.1) is 17.7 Å². The minimum absolute atomic E-state index is 0.0311. The van der Waals surface area contributed by atoms with Crippen LogP contribution in [-0.4, -0.2) is 26.2 Å². The van der Waals surface area contributed by atoms with Crippen LogP contribution in [0.3, 0.4) is 0 Å². The smallest absolute Gasteiger partial charge is 0.183 e. The van der Waals surface area contributed by atoms with Gasteiger partial charge in [-0.1, -0.05) is 66.7 Å². The van der Waals surface area contributed by atoms with E-state index in [1.807, 2.05) is 42.5 Å². The predicted octanol–water partition coefficient (Wildman–Crippen LogP) is 4.48. The molecule has 0 saturated heterocycles. The number of hydrogen-bond acceptors (Lipinski definition) is 6. The monoisotopic (exact) mass is 427 g/mol. The van der Waals surface area contributed by atoms with Gasteiger partial charge in [-0.05, 0) is 22.8 Å². The first kappa shape index (κ1) is 20.4. The molecule has 0 bridgehead atoms. The van der Waals surface area contributed by atoms with Crippen LogP contribution >= 0.6 is 0 Å². The molecule has 6 nitrogen and oxygen atoms in total. The first-order valence-electron chi connectivity index (χ1n) is 10.6. The lowest BCUT2D eigenvalue weighted by Crippen LogP contribution is -2.38. The molecule has 2 N–H and O–H groups in total. The molecule has 3 unspecified atom stereocenters. The van der Waals surface area contributed by atoms with Crippen LogP contribution < -0.4 is 10.7 Å². The highest BCUT2D eigenvalue weighted by Crippen LogP contribution is 2.45. The fraction of sp³-hybridized carbons (Fsp3) is 0.231. The summed E-state index contributed by atoms with van der Waals surface area (Å²) < 4.78 is 10.8. The van der Waals surface area contributed by atoms with Crippen molar-refractivity contribution in [1.82, 2.24) is 5.43 Å². The van der Waals surface area contributed by atoms with Crippen LogP contribution in [0.1, 0.15) is 52.1 Å². The Hall–Kier alpha value is -3.48. The van der Waals surface area contributed by atoms with Gasteiger partial charge >= 0.3 is 0 Å². The Morgan fingerprint density at radius 2 is 1.66 bits per heavy atom. The summed E-state index contributed by atoms with van der Waals surface area (Å²) in [6.45, 7) is 0. The van der Waals surface area contributed by atoms with Gasteiger partial charge in [0.2, 0.25) is 0 Å². The van der Waals surface area contributed by atoms with Gasteiger partial charge in [0, 0.05) is 31.0 Å². The summed E-state index contributed by atoms with van der Waals surface area (Å²) in [5.74, 6) is -0.0311. The molecule has 5 rings (SSSR count). The van der Waals surface area contributed by atoms with Gasteiger partial charge in [-0.2, -0.15) is 5.10 Å². The van der Waals surface area contributed by atoms with E-state index in [1.165, 1.54) is 0 Å². The highest BCUT2D eigenvalue weighted by atomic mass is 16.7. The van der Waals surface area contributed by atoms with Crippen LogP contribution in [0.2, 0.25) is 0 Å². The standard InChI is InChI=1S/C26H25N3O3/c1-31-26(32-2)18-13-11-17(12-14-18)24-22(16-7-4-3-5-8-16)25-23-19(21(15-30)28-29-25)9-6-10-20(23)27-24/h3-15,21-22,24,26-28H,1-2H3. The molecule has 2 aliphatic rings. The lowest BCUT2D eigenvalue weighted by atomic mass is 9.75. The normalized spacial score (nSPS) is 21.2. The van der Waals surface area contributed by atoms with Crippen molar-refractivity contribution < 1.29 is 14.3 Å². The third kappa shape index (κ3) is 3.38. The maximum atomic E-state index is 11.6. The Morgan fingerprint density at radius 3 is 2.34 bits per heavy atom. The zero-order valence-electron chi connectivity index (χ0n) is 18.0. The molecule has 0 spiro atoms. The number of hydrogen-bond donors (Lipinski definition) is 2. The molecule has 32 heavy (non-hydrogen) atoms. The summed E-state index contributed by atoms with van der Waals surface area (Å²) in [4.78, 5) is 11.6. The first-order valence-corrected chi connectivity index (χ1v) is 10.6. The summed E-state index contributed by atoms with van der Waals surface area (Å²) in [6, 6.07) is 24.2. The molecule has 0 aromatic heterocycles. The summed E-state index contributed by atoms with van der Waals surface area (Å²) in [5.41, 5.74) is 10.2. The largest absolute Gasteiger partial charge is 0.377 e. The van der Waals surface area contributed by atoms with Gasteiger partial charge in [0.1, 0.15) is 12.3 Å². The molecule has 0 fully saturated rings. The molecule has 2 heterocycles. The van der Waals surface area contributed by atoms with Gasteiger partial charge < -0.3 is 19.6 Å². The van der Waals surface area contributed by atoms with Crippen molar-refractivity contribution in [3.63, 3.8) is 0 Å². The van der Waals surface area contributed by atoms with Crippen LogP contribution in [-0.2, 0) is 14.3 Å². The van der Waals surface area contributed by atoms with Crippen LogP contribution in [0, 0.1) is 0 Å². The number of hydrazone groups is 1. The van der Waals surface area contributed by atoms with Crippen molar-refractivity contribution in [2.24, 2.45) is 5.10 Å². The van der Waals surface area contributed by atoms with E-state index in [9.17, 15) is 4.79 Å². The maximum absolute atomic E-state index is 11.6. The second-order valence-corrected chi connectivity index (χ2v) is 7.99. The Balaban J connectivity index is 1.63. The molecule has 3 atom stereocenters. The molecule has 162 valence electrons. The second-order valence-electron chi connectivity index (χ2n) is 7.99. The summed E-state index contributed by atoms with van der Waals surface area (Å²) in [5, 5.41) is 8.45. The number of benzene rings is 3. The fourth-order valence-electron chi connectivity index (χ4n) is 4.75. The van der Waals surface area contributed by atoms with Gasteiger partial charge in [-0.25, -0.2) is 0 Å². The average molecular weight is 428 g/mol. The summed E-state index contributed by atoms with van der Waals surface area (Å²) >= 11 is 0. The van der Waals surface area contributed by atoms with Crippen molar-refractivity contribution in [2.45, 2.75) is 24.3 Å². The highest BCUT2D eigenvalue weighted by Gasteiger charge is 2.39. The van der Waals surface area contributed by atoms with E-state index < -0.39 is 12.3 Å². The number of ether oxygens (including phenoxy) is 2. The molecule has 0 aliphatic carbocycles. The zero-order chi connectivity index (χ0) is 22.1. The molecular formula is C26H25N3O3. The number of nitrogens with one attached hydrogen (secondary N) is 2. The maximum Gasteiger partial charge on any atom is 0.183 e. The van der Waals surface area contributed by atoms with E-state index in [4.69, 9.17) is 14.6 Å². The predicted molar refractivity (Wildman–Crippen MR) is 124 cm³/mol. The van der Waals surface area contributed by atoms with Gasteiger partial charge in [-0.3, -0.25) is 5.43 Å². The molecule has 0 saturated carbocycles. The number of methoxy groups -OCH3 is 2. The fourth-order valence-corrected chi connectivity index (χ4v) is 4.75. The van der Waals surface area contributed by atoms with Crippen molar-refractivity contribution in [2.75, 3.05) is 19.5 Å². The van der Waals surface area contributed by atoms with Gasteiger partial charge in [0.25, 0.3) is 0 Å². The molecule has 2 aliphatic heterocycles. The van der Waals surface area contributed by atoms with E-state index in [0.29, 0.717) is 0 Å². The Morgan fingerprint density at radius 1 is 0.906 bits per heavy atom. The minimum atomic E-state index is -0.442. The summed E-state index contributed by atoms with van der Waals surface area (Å²) in [7, 11) is 3.26. The van der Waals surface area contributed by atoms with E-state index in [2.05, 4.69) is 41.1 Å². The lowest BCUT2D eigenvalue weighted by Gasteiger charge is -2.39. The van der Waals surface area contributed by atoms with Crippen LogP contribution in [0.25, 0.3) is 0 Å². The number of carbonyl (C=O) groups excluding carboxylic acids is 1. The summed E-state index contributed by atoms with van der Waals surface area (Å²) in [6.07, 6.45) is 0.504. The van der Waals surface area contributed by atoms with Gasteiger partial charge in [-0.15, -0.1) is 0 Å². The molecular weight excluding hydrogens is 402 g/mol. The zero-order valence-corrected chi connectivity index (χ0v) is 18.0. The minimum Gasteiger partial charge on any atom is -0.377 e. The molecule has 0 radical (unpaired) electrons.